The van der Waals surface area contributed by atoms with E-state index < -0.39 is 8.07 Å². The fraction of sp³-hybridized carbons (Fsp3) is 0.636. The van der Waals surface area contributed by atoms with E-state index in [0.717, 1.165) is 5.92 Å². The Balaban J connectivity index is 1.91. The molecule has 2 aliphatic heterocycles. The van der Waals surface area contributed by atoms with Gasteiger partial charge < -0.3 is 9.64 Å². The van der Waals surface area contributed by atoms with Gasteiger partial charge in [-0.2, -0.15) is 0 Å². The first-order valence-corrected chi connectivity index (χ1v) is 13.3. The molecule has 0 radical (unpaired) electrons. The van der Waals surface area contributed by atoms with Gasteiger partial charge in [0.2, 0.25) is 0 Å². The van der Waals surface area contributed by atoms with Crippen LogP contribution < -0.4 is 0 Å². The van der Waals surface area contributed by atoms with Crippen LogP contribution in [0, 0.1) is 5.92 Å². The maximum Gasteiger partial charge on any atom is 0.0868 e. The minimum Gasteiger partial charge on any atom is -0.374 e. The number of ether oxygens (including phenoxy) is 1. The fourth-order valence-electron chi connectivity index (χ4n) is 5.06. The van der Waals surface area contributed by atoms with E-state index in [1.807, 2.05) is 7.11 Å². The summed E-state index contributed by atoms with van der Waals surface area (Å²) in [6, 6.07) is 0.713. The third-order valence-electron chi connectivity index (χ3n) is 6.80. The van der Waals surface area contributed by atoms with Crippen LogP contribution in [-0.4, -0.2) is 37.3 Å². The molecule has 0 saturated heterocycles. The summed E-state index contributed by atoms with van der Waals surface area (Å²) in [7, 11) is 0.375. The molecule has 0 aromatic heterocycles. The average Bonchev–Trinajstić information content (AvgIpc) is 3.34. The van der Waals surface area contributed by atoms with Crippen molar-refractivity contribution in [3.05, 3.63) is 46.3 Å². The predicted molar refractivity (Wildman–Crippen MR) is 108 cm³/mol. The van der Waals surface area contributed by atoms with E-state index in [1.165, 1.54) is 24.8 Å². The molecule has 1 fully saturated rings. The summed E-state index contributed by atoms with van der Waals surface area (Å²) in [4.78, 5) is 2.70. The quantitative estimate of drug-likeness (QED) is 0.643. The van der Waals surface area contributed by atoms with Gasteiger partial charge >= 0.3 is 0 Å². The molecule has 0 spiro atoms. The molecule has 0 aromatic carbocycles. The first-order valence-electron chi connectivity index (χ1n) is 9.79. The largest absolute Gasteiger partial charge is 0.374 e. The van der Waals surface area contributed by atoms with Crippen molar-refractivity contribution in [3.8, 4) is 0 Å². The monoisotopic (exact) mass is 355 g/mol. The van der Waals surface area contributed by atoms with E-state index in [9.17, 15) is 0 Å². The fourth-order valence-corrected chi connectivity index (χ4v) is 6.77. The molecular formula is C22H33NOSi. The van der Waals surface area contributed by atoms with Gasteiger partial charge in [-0.3, -0.25) is 0 Å². The highest BCUT2D eigenvalue weighted by atomic mass is 28.3. The van der Waals surface area contributed by atoms with Crippen LogP contribution in [0.3, 0.4) is 0 Å². The van der Waals surface area contributed by atoms with Crippen molar-refractivity contribution in [1.29, 1.82) is 0 Å². The first kappa shape index (κ1) is 17.4. The molecule has 0 amide bonds. The zero-order valence-electron chi connectivity index (χ0n) is 16.9. The van der Waals surface area contributed by atoms with Crippen molar-refractivity contribution < 1.29 is 4.74 Å². The van der Waals surface area contributed by atoms with Gasteiger partial charge in [0.05, 0.1) is 19.2 Å². The molecule has 4 rings (SSSR count). The summed E-state index contributed by atoms with van der Waals surface area (Å²) in [5.74, 6) is 0.803. The van der Waals surface area contributed by atoms with E-state index in [4.69, 9.17) is 4.74 Å². The highest BCUT2D eigenvalue weighted by Crippen LogP contribution is 2.58. The summed E-state index contributed by atoms with van der Waals surface area (Å²) >= 11 is 0. The maximum absolute atomic E-state index is 5.96. The van der Waals surface area contributed by atoms with Crippen molar-refractivity contribution in [3.63, 3.8) is 0 Å². The Labute approximate surface area is 154 Å². The first-order chi connectivity index (χ1) is 11.6. The summed E-state index contributed by atoms with van der Waals surface area (Å²) < 4.78 is 5.96. The van der Waals surface area contributed by atoms with Gasteiger partial charge in [0.25, 0.3) is 0 Å². The number of fused-ring (bicyclic) bond motifs is 5. The van der Waals surface area contributed by atoms with Gasteiger partial charge in [-0.15, -0.1) is 0 Å². The van der Waals surface area contributed by atoms with Crippen LogP contribution >= 0.6 is 0 Å². The Kier molecular flexibility index (Phi) is 3.63. The molecule has 0 bridgehead atoms. The Bertz CT molecular complexity index is 734. The van der Waals surface area contributed by atoms with Crippen LogP contribution in [0.2, 0.25) is 19.6 Å². The number of allylic oxidation sites excluding steroid dienone is 1. The normalized spacial score (nSPS) is 34.1. The lowest BCUT2D eigenvalue weighted by Gasteiger charge is -2.51. The number of hydrogen-bond acceptors (Lipinski definition) is 2. The zero-order chi connectivity index (χ0) is 18.2. The van der Waals surface area contributed by atoms with E-state index in [2.05, 4.69) is 69.7 Å². The molecule has 4 aliphatic rings. The van der Waals surface area contributed by atoms with Crippen molar-refractivity contribution >= 4 is 8.07 Å². The number of methoxy groups -OCH3 is 1. The molecule has 2 heterocycles. The lowest BCUT2D eigenvalue weighted by molar-refractivity contribution is 0.0543. The molecule has 136 valence electrons. The summed E-state index contributed by atoms with van der Waals surface area (Å²) in [5.41, 5.74) is 4.45. The zero-order valence-corrected chi connectivity index (χ0v) is 17.9. The van der Waals surface area contributed by atoms with Crippen LogP contribution in [0.1, 0.15) is 40.0 Å². The molecule has 0 N–H and O–H groups in total. The van der Waals surface area contributed by atoms with E-state index in [1.54, 1.807) is 16.3 Å². The van der Waals surface area contributed by atoms with E-state index in [0.29, 0.717) is 6.04 Å². The molecule has 1 saturated carbocycles. The lowest BCUT2D eigenvalue weighted by Crippen LogP contribution is -2.53. The van der Waals surface area contributed by atoms with E-state index in [-0.39, 0.29) is 11.1 Å². The molecule has 2 nitrogen and oxygen atoms in total. The Hall–Kier alpha value is -1.06. The maximum atomic E-state index is 5.96. The van der Waals surface area contributed by atoms with Gasteiger partial charge in [-0.25, -0.2) is 0 Å². The van der Waals surface area contributed by atoms with Crippen LogP contribution in [0.4, 0.5) is 0 Å². The topological polar surface area (TPSA) is 12.5 Å². The summed E-state index contributed by atoms with van der Waals surface area (Å²) in [6.07, 6.45) is 13.7. The number of rotatable bonds is 3. The lowest BCUT2D eigenvalue weighted by atomic mass is 9.74. The SMILES string of the molecule is COC(C)(C)C1=CC2(C)C3=C(CCC=C3)C3CC3N2C=C1[Si](C)(C)C. The average molecular weight is 356 g/mol. The standard InChI is InChI=1S/C22H33NOSi/c1-21(2,24-4)18-13-22(3)17-11-9-8-10-15(17)16-12-19(16)23(22)14-20(18)25(5,6)7/h9,11,13-14,16,19H,8,10,12H2,1-7H3. The van der Waals surface area contributed by atoms with E-state index >= 15 is 0 Å². The molecule has 2 aliphatic carbocycles. The van der Waals surface area contributed by atoms with Gasteiger partial charge in [0.15, 0.2) is 0 Å². The molecule has 25 heavy (non-hydrogen) atoms. The Morgan fingerprint density at radius 3 is 2.64 bits per heavy atom. The highest BCUT2D eigenvalue weighted by Gasteiger charge is 2.56. The van der Waals surface area contributed by atoms with Gasteiger partial charge in [-0.05, 0) is 62.5 Å². The molecule has 3 atom stereocenters. The molecule has 3 unspecified atom stereocenters. The predicted octanol–water partition coefficient (Wildman–Crippen LogP) is 5.22. The molecular weight excluding hydrogens is 322 g/mol. The van der Waals surface area contributed by atoms with Gasteiger partial charge in [0.1, 0.15) is 0 Å². The van der Waals surface area contributed by atoms with Crippen molar-refractivity contribution in [2.24, 2.45) is 5.92 Å². The van der Waals surface area contributed by atoms with Crippen molar-refractivity contribution in [2.45, 2.75) is 76.9 Å². The van der Waals surface area contributed by atoms with Crippen LogP contribution in [-0.2, 0) is 4.74 Å². The number of hydrogen-bond donors (Lipinski definition) is 0. The summed E-state index contributed by atoms with van der Waals surface area (Å²) in [5, 5.41) is 1.56. The molecule has 3 heteroatoms. The Morgan fingerprint density at radius 2 is 2.00 bits per heavy atom. The summed E-state index contributed by atoms with van der Waals surface area (Å²) in [6.45, 7) is 14.2. The van der Waals surface area contributed by atoms with Crippen LogP contribution in [0.5, 0.6) is 0 Å². The third kappa shape index (κ3) is 2.46. The van der Waals surface area contributed by atoms with Gasteiger partial charge in [0, 0.05) is 25.3 Å². The van der Waals surface area contributed by atoms with Crippen molar-refractivity contribution in [2.75, 3.05) is 7.11 Å². The minimum absolute atomic E-state index is 0.0157. The molecule has 0 aromatic rings. The smallest absolute Gasteiger partial charge is 0.0868 e. The van der Waals surface area contributed by atoms with Crippen LogP contribution in [0.25, 0.3) is 0 Å². The second kappa shape index (κ2) is 5.23. The van der Waals surface area contributed by atoms with Crippen LogP contribution in [0.15, 0.2) is 46.3 Å². The van der Waals surface area contributed by atoms with Crippen molar-refractivity contribution in [1.82, 2.24) is 4.90 Å². The Morgan fingerprint density at radius 1 is 1.28 bits per heavy atom. The second-order valence-corrected chi connectivity index (χ2v) is 14.9. The minimum atomic E-state index is -1.47. The highest BCUT2D eigenvalue weighted by molar-refractivity contribution is 6.84. The number of nitrogens with zero attached hydrogens (tertiary/aromatic N) is 1. The second-order valence-electron chi connectivity index (χ2n) is 9.91. The van der Waals surface area contributed by atoms with Gasteiger partial charge in [-0.1, -0.05) is 37.4 Å². The third-order valence-corrected chi connectivity index (χ3v) is 8.82.